The zero-order valence-electron chi connectivity index (χ0n) is 6.72. The van der Waals surface area contributed by atoms with Gasteiger partial charge in [0.05, 0.1) is 0 Å². The molecule has 1 rings (SSSR count). The van der Waals surface area contributed by atoms with Gasteiger partial charge in [0.25, 0.3) is 0 Å². The summed E-state index contributed by atoms with van der Waals surface area (Å²) in [6, 6.07) is 11.7. The molecule has 0 N–H and O–H groups in total. The Balaban J connectivity index is -0.000000189. The van der Waals surface area contributed by atoms with Crippen LogP contribution in [0.2, 0.25) is 0 Å². The van der Waals surface area contributed by atoms with Crippen molar-refractivity contribution >= 4 is 19.8 Å². The Bertz CT molecular complexity index is 214. The number of hydrogen-bond donors (Lipinski definition) is 0. The molecule has 1 nitrogen and oxygen atoms in total. The van der Waals surface area contributed by atoms with Gasteiger partial charge in [0, 0.05) is 6.07 Å². The summed E-state index contributed by atoms with van der Waals surface area (Å²) in [4.78, 5) is 0. The zero-order chi connectivity index (χ0) is 7.82. The molecule has 0 unspecified atom stereocenters. The second-order valence-corrected chi connectivity index (χ2v) is 1.40. The Morgan fingerprint density at radius 2 is 2.08 bits per heavy atom. The third kappa shape index (κ3) is 9.04. The van der Waals surface area contributed by atoms with Crippen molar-refractivity contribution in [3.8, 4) is 6.07 Å². The molecule has 0 heterocycles. The van der Waals surface area contributed by atoms with E-state index in [-0.39, 0.29) is 31.3 Å². The van der Waals surface area contributed by atoms with Crippen LogP contribution in [0.1, 0.15) is 5.56 Å². The molecule has 0 atom stereocenters. The summed E-state index contributed by atoms with van der Waals surface area (Å²) >= 11 is 3.62. The molecule has 0 spiro atoms. The second-order valence-electron chi connectivity index (χ2n) is 1.40. The van der Waals surface area contributed by atoms with Crippen LogP contribution in [-0.2, 0) is 14.8 Å². The Morgan fingerprint density at radius 3 is 2.33 bits per heavy atom. The standard InChI is InChI=1S/C7H4N.ClH.HI.Li.Zn/c8-6-7-4-2-1-3-5-7;;;;/h1-2,4-5H;2*1H;;/q-1;;;+1;+2/p-2. The third-order valence-electron chi connectivity index (χ3n) is 0.836. The van der Waals surface area contributed by atoms with E-state index < -0.39 is 0 Å². The van der Waals surface area contributed by atoms with Gasteiger partial charge in [-0.2, -0.15) is 30.3 Å². The molecule has 1 aromatic rings. The number of benzene rings is 1. The zero-order valence-corrected chi connectivity index (χ0v) is 12.6. The topological polar surface area (TPSA) is 23.8 Å². The monoisotopic (exact) mass is 335 g/mol. The van der Waals surface area contributed by atoms with Gasteiger partial charge >= 0.3 is 53.4 Å². The fourth-order valence-corrected chi connectivity index (χ4v) is 0.463. The maximum atomic E-state index is 8.27. The third-order valence-corrected chi connectivity index (χ3v) is 0.836. The first-order chi connectivity index (χ1) is 4.93. The molecule has 0 bridgehead atoms. The van der Waals surface area contributed by atoms with Crippen molar-refractivity contribution in [1.29, 1.82) is 5.26 Å². The summed E-state index contributed by atoms with van der Waals surface area (Å²) in [6.45, 7) is 0. The molecule has 0 radical (unpaired) electrons. The van der Waals surface area contributed by atoms with E-state index >= 15 is 0 Å². The fraction of sp³-hybridized carbons (Fsp3) is 0. The molecular formula is C7H4ClILiNZn. The number of nitrogens with zero attached hydrogens (tertiary/aromatic N) is 1. The molecule has 12 heavy (non-hydrogen) atoms. The molecule has 1 aromatic carbocycles. The van der Waals surface area contributed by atoms with Gasteiger partial charge in [-0.3, -0.25) is 0 Å². The normalized spacial score (nSPS) is 5.83. The van der Waals surface area contributed by atoms with Crippen LogP contribution in [0.5, 0.6) is 0 Å². The molecule has 0 aromatic heterocycles. The molecule has 54 valence electrons. The van der Waals surface area contributed by atoms with Crippen molar-refractivity contribution in [2.45, 2.75) is 0 Å². The molecule has 0 saturated carbocycles. The number of nitriles is 1. The van der Waals surface area contributed by atoms with E-state index in [0.29, 0.717) is 5.56 Å². The number of rotatable bonds is 0. The van der Waals surface area contributed by atoms with E-state index in [1.165, 1.54) is 14.8 Å². The molecule has 0 aliphatic heterocycles. The summed E-state index contributed by atoms with van der Waals surface area (Å²) in [5, 5.41) is 8.27. The Hall–Kier alpha value is 0.951. The Kier molecular flexibility index (Phi) is 22.5. The van der Waals surface area contributed by atoms with E-state index in [2.05, 4.69) is 25.8 Å². The summed E-state index contributed by atoms with van der Waals surface area (Å²) in [6.07, 6.45) is 0. The van der Waals surface area contributed by atoms with Crippen LogP contribution < -0.4 is 31.3 Å². The predicted molar refractivity (Wildman–Crippen MR) is 44.0 cm³/mol. The molecule has 0 aliphatic carbocycles. The van der Waals surface area contributed by atoms with Gasteiger partial charge in [-0.05, 0) is 0 Å². The first-order valence-electron chi connectivity index (χ1n) is 2.56. The van der Waals surface area contributed by atoms with Gasteiger partial charge in [-0.1, -0.05) is 5.56 Å². The van der Waals surface area contributed by atoms with Gasteiger partial charge in [-0.15, -0.1) is 0 Å². The van der Waals surface area contributed by atoms with E-state index in [0.717, 1.165) is 0 Å². The van der Waals surface area contributed by atoms with Crippen molar-refractivity contribution in [2.24, 2.45) is 0 Å². The predicted octanol–water partition coefficient (Wildman–Crippen LogP) is -3.75. The van der Waals surface area contributed by atoms with Gasteiger partial charge in [0.2, 0.25) is 0 Å². The SMILES string of the molecule is N#Cc1c[c-]ccc1.[Cl-].[Li+].[Zn+][I]. The van der Waals surface area contributed by atoms with Crippen molar-refractivity contribution in [2.75, 3.05) is 0 Å². The molecular weight excluding hydrogens is 333 g/mol. The van der Waals surface area contributed by atoms with Crippen LogP contribution in [0, 0.1) is 17.4 Å². The minimum absolute atomic E-state index is 0. The molecule has 0 aliphatic rings. The van der Waals surface area contributed by atoms with Crippen LogP contribution in [0.25, 0.3) is 0 Å². The number of hydrogen-bond acceptors (Lipinski definition) is 1. The molecule has 0 saturated heterocycles. The molecule has 0 fully saturated rings. The Labute approximate surface area is 112 Å². The van der Waals surface area contributed by atoms with Gasteiger partial charge < -0.3 is 12.4 Å². The number of halogens is 2. The Morgan fingerprint density at radius 1 is 1.50 bits per heavy atom. The van der Waals surface area contributed by atoms with Crippen LogP contribution >= 0.6 is 19.8 Å². The van der Waals surface area contributed by atoms with E-state index in [1.807, 2.05) is 6.07 Å². The quantitative estimate of drug-likeness (QED) is 0.271. The average molecular weight is 337 g/mol. The van der Waals surface area contributed by atoms with Crippen LogP contribution in [0.3, 0.4) is 0 Å². The van der Waals surface area contributed by atoms with E-state index in [1.54, 1.807) is 24.3 Å². The average Bonchev–Trinajstić information content (AvgIpc) is 2.10. The summed E-state index contributed by atoms with van der Waals surface area (Å²) in [5.41, 5.74) is 0.660. The van der Waals surface area contributed by atoms with Crippen LogP contribution in [0.4, 0.5) is 0 Å². The first-order valence-corrected chi connectivity index (χ1v) is 11.6. The van der Waals surface area contributed by atoms with E-state index in [9.17, 15) is 0 Å². The van der Waals surface area contributed by atoms with Crippen molar-refractivity contribution in [3.63, 3.8) is 0 Å². The summed E-state index contributed by atoms with van der Waals surface area (Å²) in [5.74, 6) is 0. The summed E-state index contributed by atoms with van der Waals surface area (Å²) in [7, 11) is 0. The molecule has 5 heteroatoms. The van der Waals surface area contributed by atoms with E-state index in [4.69, 9.17) is 5.26 Å². The van der Waals surface area contributed by atoms with Gasteiger partial charge in [-0.25, -0.2) is 5.26 Å². The van der Waals surface area contributed by atoms with Crippen LogP contribution in [-0.4, -0.2) is 0 Å². The van der Waals surface area contributed by atoms with Gasteiger partial charge in [0.1, 0.15) is 0 Å². The van der Waals surface area contributed by atoms with Crippen molar-refractivity contribution in [3.05, 3.63) is 35.9 Å². The van der Waals surface area contributed by atoms with Crippen LogP contribution in [0.15, 0.2) is 24.3 Å². The minimum atomic E-state index is 0. The fourth-order valence-electron chi connectivity index (χ4n) is 0.463. The second kappa shape index (κ2) is 14.5. The van der Waals surface area contributed by atoms with Crippen molar-refractivity contribution < 1.29 is 46.1 Å². The van der Waals surface area contributed by atoms with Gasteiger partial charge in [0.15, 0.2) is 0 Å². The van der Waals surface area contributed by atoms with Crippen molar-refractivity contribution in [1.82, 2.24) is 0 Å². The maximum absolute atomic E-state index is 8.27. The first kappa shape index (κ1) is 18.7. The molecule has 0 amide bonds. The summed E-state index contributed by atoms with van der Waals surface area (Å²) < 4.78 is 0.